The summed E-state index contributed by atoms with van der Waals surface area (Å²) in [5.41, 5.74) is 12.1. The normalized spacial score (nSPS) is 13.8. The Morgan fingerprint density at radius 3 is 2.33 bits per heavy atom. The number of nitrogen functional groups attached to an aromatic ring is 1. The molecule has 2 aromatic carbocycles. The average molecular weight is 416 g/mol. The number of aryl methyl sites for hydroxylation is 1. The van der Waals surface area contributed by atoms with E-state index in [0.29, 0.717) is 16.4 Å². The third kappa shape index (κ3) is 5.42. The van der Waals surface area contributed by atoms with E-state index in [2.05, 4.69) is 46.0 Å². The summed E-state index contributed by atoms with van der Waals surface area (Å²) in [7, 11) is 0. The van der Waals surface area contributed by atoms with Crippen molar-refractivity contribution in [2.45, 2.75) is 32.2 Å². The van der Waals surface area contributed by atoms with E-state index in [9.17, 15) is 0 Å². The third-order valence-electron chi connectivity index (χ3n) is 5.47. The summed E-state index contributed by atoms with van der Waals surface area (Å²) in [6.07, 6.45) is 6.19. The van der Waals surface area contributed by atoms with Crippen LogP contribution in [0.25, 0.3) is 11.1 Å². The molecule has 0 atom stereocenters. The van der Waals surface area contributed by atoms with Crippen molar-refractivity contribution in [1.29, 1.82) is 0 Å². The van der Waals surface area contributed by atoms with Crippen molar-refractivity contribution in [2.24, 2.45) is 0 Å². The number of aromatic nitrogens is 1. The van der Waals surface area contributed by atoms with E-state index in [1.165, 1.54) is 37.1 Å². The van der Waals surface area contributed by atoms with E-state index in [0.717, 1.165) is 30.5 Å². The van der Waals surface area contributed by atoms with Gasteiger partial charge in [-0.1, -0.05) is 53.9 Å². The Morgan fingerprint density at radius 2 is 1.63 bits per heavy atom. The standard InChI is InChI=1S/C26H26ClN3/c27-24-13-11-22(12-14-24)23-17-25(28)26(29-18-23)6-2-1-5-20-7-9-21(10-8-20)19-30-15-3-4-16-30/h7-14,17-18H,1,3-5,15-16,19,28H2. The predicted octanol–water partition coefficient (Wildman–Crippen LogP) is 5.56. The van der Waals surface area contributed by atoms with Crippen LogP contribution >= 0.6 is 11.6 Å². The highest BCUT2D eigenvalue weighted by Gasteiger charge is 2.11. The predicted molar refractivity (Wildman–Crippen MR) is 125 cm³/mol. The molecule has 1 aliphatic heterocycles. The molecule has 1 aromatic heterocycles. The second-order valence-electron chi connectivity index (χ2n) is 7.77. The molecule has 4 heteroatoms. The molecule has 0 saturated carbocycles. The Kier molecular flexibility index (Phi) is 6.69. The molecule has 0 bridgehead atoms. The number of hydrogen-bond acceptors (Lipinski definition) is 3. The molecule has 0 aliphatic carbocycles. The summed E-state index contributed by atoms with van der Waals surface area (Å²) in [6, 6.07) is 18.5. The quantitative estimate of drug-likeness (QED) is 0.554. The first-order valence-electron chi connectivity index (χ1n) is 10.5. The fourth-order valence-electron chi connectivity index (χ4n) is 3.75. The highest BCUT2D eigenvalue weighted by molar-refractivity contribution is 6.30. The number of likely N-dealkylation sites (tertiary alicyclic amines) is 1. The van der Waals surface area contributed by atoms with Crippen molar-refractivity contribution in [1.82, 2.24) is 9.88 Å². The number of pyridine rings is 1. The van der Waals surface area contributed by atoms with Crippen LogP contribution in [0.1, 0.15) is 36.1 Å². The lowest BCUT2D eigenvalue weighted by molar-refractivity contribution is 0.331. The van der Waals surface area contributed by atoms with Gasteiger partial charge in [-0.15, -0.1) is 0 Å². The summed E-state index contributed by atoms with van der Waals surface area (Å²) >= 11 is 5.95. The molecule has 1 fully saturated rings. The first-order chi connectivity index (χ1) is 14.7. The second kappa shape index (κ2) is 9.80. The molecule has 2 N–H and O–H groups in total. The van der Waals surface area contributed by atoms with Crippen LogP contribution in [0.2, 0.25) is 5.02 Å². The van der Waals surface area contributed by atoms with Crippen LogP contribution in [0.15, 0.2) is 60.8 Å². The minimum absolute atomic E-state index is 0.598. The topological polar surface area (TPSA) is 42.1 Å². The van der Waals surface area contributed by atoms with Gasteiger partial charge in [0.25, 0.3) is 0 Å². The second-order valence-corrected chi connectivity index (χ2v) is 8.21. The van der Waals surface area contributed by atoms with Crippen molar-refractivity contribution in [3.63, 3.8) is 0 Å². The SMILES string of the molecule is Nc1cc(-c2ccc(Cl)cc2)cnc1C#CCCc1ccc(CN2CCCC2)cc1. The fourth-order valence-corrected chi connectivity index (χ4v) is 3.88. The van der Waals surface area contributed by atoms with E-state index in [4.69, 9.17) is 17.3 Å². The molecular formula is C26H26ClN3. The number of rotatable bonds is 5. The lowest BCUT2D eigenvalue weighted by Crippen LogP contribution is -2.18. The van der Waals surface area contributed by atoms with E-state index >= 15 is 0 Å². The summed E-state index contributed by atoms with van der Waals surface area (Å²) in [5.74, 6) is 6.33. The van der Waals surface area contributed by atoms with E-state index in [1.54, 1.807) is 0 Å². The molecule has 1 aliphatic rings. The first-order valence-corrected chi connectivity index (χ1v) is 10.9. The Labute approximate surface area is 183 Å². The number of anilines is 1. The van der Waals surface area contributed by atoms with Gasteiger partial charge in [-0.05, 0) is 73.2 Å². The number of halogens is 1. The minimum Gasteiger partial charge on any atom is -0.396 e. The van der Waals surface area contributed by atoms with Crippen molar-refractivity contribution in [3.8, 4) is 23.0 Å². The Morgan fingerprint density at radius 1 is 0.933 bits per heavy atom. The van der Waals surface area contributed by atoms with Crippen LogP contribution in [0.3, 0.4) is 0 Å². The van der Waals surface area contributed by atoms with Crippen LogP contribution in [0, 0.1) is 11.8 Å². The van der Waals surface area contributed by atoms with Crippen molar-refractivity contribution in [3.05, 3.63) is 82.6 Å². The third-order valence-corrected chi connectivity index (χ3v) is 5.72. The van der Waals surface area contributed by atoms with Crippen LogP contribution in [0.5, 0.6) is 0 Å². The van der Waals surface area contributed by atoms with Crippen LogP contribution in [-0.2, 0) is 13.0 Å². The van der Waals surface area contributed by atoms with E-state index < -0.39 is 0 Å². The molecule has 0 radical (unpaired) electrons. The van der Waals surface area contributed by atoms with Crippen LogP contribution in [-0.4, -0.2) is 23.0 Å². The molecule has 0 unspecified atom stereocenters. The Hall–Kier alpha value is -2.80. The molecule has 2 heterocycles. The summed E-state index contributed by atoms with van der Waals surface area (Å²) < 4.78 is 0. The van der Waals surface area contributed by atoms with Gasteiger partial charge >= 0.3 is 0 Å². The monoisotopic (exact) mass is 415 g/mol. The highest BCUT2D eigenvalue weighted by Crippen LogP contribution is 2.23. The Bertz CT molecular complexity index is 1040. The van der Waals surface area contributed by atoms with E-state index in [-0.39, 0.29) is 0 Å². The molecule has 152 valence electrons. The smallest absolute Gasteiger partial charge is 0.136 e. The number of benzene rings is 2. The van der Waals surface area contributed by atoms with Crippen molar-refractivity contribution < 1.29 is 0 Å². The molecule has 3 aromatic rings. The van der Waals surface area contributed by atoms with Gasteiger partial charge in [0.15, 0.2) is 0 Å². The molecule has 0 spiro atoms. The van der Waals surface area contributed by atoms with Gasteiger partial charge in [-0.2, -0.15) is 0 Å². The van der Waals surface area contributed by atoms with Gasteiger partial charge in [0, 0.05) is 29.7 Å². The average Bonchev–Trinajstić information content (AvgIpc) is 3.27. The molecule has 1 saturated heterocycles. The van der Waals surface area contributed by atoms with Crippen LogP contribution in [0.4, 0.5) is 5.69 Å². The first kappa shape index (κ1) is 20.5. The maximum atomic E-state index is 6.17. The fraction of sp³-hybridized carbons (Fsp3) is 0.269. The number of nitrogens with two attached hydrogens (primary N) is 1. The zero-order valence-electron chi connectivity index (χ0n) is 17.1. The van der Waals surface area contributed by atoms with Crippen LogP contribution < -0.4 is 5.73 Å². The van der Waals surface area contributed by atoms with Crippen molar-refractivity contribution in [2.75, 3.05) is 18.8 Å². The number of nitrogens with zero attached hydrogens (tertiary/aromatic N) is 2. The zero-order valence-corrected chi connectivity index (χ0v) is 17.8. The summed E-state index contributed by atoms with van der Waals surface area (Å²) in [6.45, 7) is 3.53. The largest absolute Gasteiger partial charge is 0.396 e. The van der Waals surface area contributed by atoms with Crippen molar-refractivity contribution >= 4 is 17.3 Å². The maximum absolute atomic E-state index is 6.17. The maximum Gasteiger partial charge on any atom is 0.136 e. The molecule has 30 heavy (non-hydrogen) atoms. The molecule has 0 amide bonds. The molecule has 3 nitrogen and oxygen atoms in total. The lowest BCUT2D eigenvalue weighted by atomic mass is 10.1. The van der Waals surface area contributed by atoms with Gasteiger partial charge in [0.05, 0.1) is 5.69 Å². The van der Waals surface area contributed by atoms with Gasteiger partial charge in [0.2, 0.25) is 0 Å². The lowest BCUT2D eigenvalue weighted by Gasteiger charge is -2.14. The minimum atomic E-state index is 0.598. The Balaban J connectivity index is 1.32. The summed E-state index contributed by atoms with van der Waals surface area (Å²) in [5, 5.41) is 0.711. The van der Waals surface area contributed by atoms with Gasteiger partial charge < -0.3 is 5.73 Å². The molecular weight excluding hydrogens is 390 g/mol. The highest BCUT2D eigenvalue weighted by atomic mass is 35.5. The van der Waals surface area contributed by atoms with E-state index in [1.807, 2.05) is 36.5 Å². The summed E-state index contributed by atoms with van der Waals surface area (Å²) in [4.78, 5) is 6.97. The van der Waals surface area contributed by atoms with Gasteiger partial charge in [0.1, 0.15) is 5.69 Å². The zero-order chi connectivity index (χ0) is 20.8. The number of hydrogen-bond donors (Lipinski definition) is 1. The molecule has 4 rings (SSSR count). The van der Waals surface area contributed by atoms with Gasteiger partial charge in [-0.25, -0.2) is 4.98 Å². The van der Waals surface area contributed by atoms with Gasteiger partial charge in [-0.3, -0.25) is 4.90 Å².